The second-order valence-electron chi connectivity index (χ2n) is 2.99. The Kier molecular flexibility index (Phi) is 6.65. The van der Waals surface area contributed by atoms with Crippen LogP contribution in [0.2, 0.25) is 0 Å². The third-order valence-electron chi connectivity index (χ3n) is 1.65. The minimum absolute atomic E-state index is 0.0814. The number of esters is 1. The van der Waals surface area contributed by atoms with Gasteiger partial charge in [-0.25, -0.2) is 0 Å². The zero-order chi connectivity index (χ0) is 13.5. The number of nitrogens with zero attached hydrogens (tertiary/aromatic N) is 1. The van der Waals surface area contributed by atoms with Gasteiger partial charge in [-0.05, 0) is 0 Å². The summed E-state index contributed by atoms with van der Waals surface area (Å²) in [5.41, 5.74) is 4.74. The van der Waals surface area contributed by atoms with Gasteiger partial charge in [-0.1, -0.05) is 4.89 Å². The van der Waals surface area contributed by atoms with E-state index in [1.165, 1.54) is 14.2 Å². The van der Waals surface area contributed by atoms with E-state index in [1.54, 1.807) is 4.89 Å². The van der Waals surface area contributed by atoms with Gasteiger partial charge in [-0.2, -0.15) is 12.7 Å². The van der Waals surface area contributed by atoms with Crippen LogP contribution in [0.15, 0.2) is 0 Å². The molecule has 0 aromatic heterocycles. The summed E-state index contributed by atoms with van der Waals surface area (Å²) in [6.07, 6.45) is -0.0935. The first-order chi connectivity index (χ1) is 7.79. The number of carbonyl (C=O) groups excluding carboxylic acids is 2. The highest BCUT2D eigenvalue weighted by Crippen LogP contribution is 1.96. The number of hydrogen-bond acceptors (Lipinski definition) is 6. The quantitative estimate of drug-likeness (QED) is 0.378. The van der Waals surface area contributed by atoms with Gasteiger partial charge in [-0.3, -0.25) is 14.4 Å². The molecule has 100 valence electrons. The maximum absolute atomic E-state index is 11.4. The molecule has 17 heavy (non-hydrogen) atoms. The third kappa shape index (κ3) is 6.84. The van der Waals surface area contributed by atoms with E-state index < -0.39 is 28.7 Å². The van der Waals surface area contributed by atoms with Gasteiger partial charge in [0.2, 0.25) is 5.91 Å². The number of hydrogen-bond donors (Lipinski definition) is 2. The molecular weight excluding hydrogens is 254 g/mol. The Bertz CT molecular complexity index is 368. The molecule has 3 N–H and O–H groups in total. The fourth-order valence-electron chi connectivity index (χ4n) is 0.710. The average molecular weight is 269 g/mol. The smallest absolute Gasteiger partial charge is 0.306 e. The van der Waals surface area contributed by atoms with E-state index >= 15 is 0 Å². The second kappa shape index (κ2) is 7.17. The number of nitrogens with two attached hydrogens (primary N) is 1. The van der Waals surface area contributed by atoms with E-state index in [0.29, 0.717) is 0 Å². The third-order valence-corrected chi connectivity index (χ3v) is 2.98. The number of primary amides is 1. The van der Waals surface area contributed by atoms with Crippen LogP contribution in [-0.2, 0) is 29.4 Å². The van der Waals surface area contributed by atoms with E-state index in [4.69, 9.17) is 5.73 Å². The molecule has 0 bridgehead atoms. The second-order valence-corrected chi connectivity index (χ2v) is 4.73. The summed E-state index contributed by atoms with van der Waals surface area (Å²) < 4.78 is 28.0. The minimum Gasteiger partial charge on any atom is -0.469 e. The van der Waals surface area contributed by atoms with Crippen molar-refractivity contribution in [2.24, 2.45) is 5.73 Å². The lowest BCUT2D eigenvalue weighted by Gasteiger charge is -2.16. The highest BCUT2D eigenvalue weighted by atomic mass is 32.2. The van der Waals surface area contributed by atoms with Crippen LogP contribution in [0.4, 0.5) is 0 Å². The molecule has 0 aromatic carbocycles. The Morgan fingerprint density at radius 3 is 2.47 bits per heavy atom. The Hall–Kier alpha value is -1.23. The lowest BCUT2D eigenvalue weighted by Crippen LogP contribution is -2.40. The molecule has 10 heteroatoms. The van der Waals surface area contributed by atoms with Crippen LogP contribution >= 0.6 is 0 Å². The summed E-state index contributed by atoms with van der Waals surface area (Å²) >= 11 is 0. The molecule has 0 saturated carbocycles. The van der Waals surface area contributed by atoms with Crippen LogP contribution in [-0.4, -0.2) is 51.9 Å². The molecule has 0 aliphatic heterocycles. The van der Waals surface area contributed by atoms with Crippen LogP contribution in [0.3, 0.4) is 0 Å². The van der Waals surface area contributed by atoms with Gasteiger partial charge in [-0.15, -0.1) is 0 Å². The Balaban J connectivity index is 4.11. The molecule has 0 aliphatic rings. The molecule has 0 aromatic rings. The lowest BCUT2D eigenvalue weighted by atomic mass is 10.4. The van der Waals surface area contributed by atoms with Crippen molar-refractivity contribution >= 4 is 22.1 Å². The normalized spacial score (nSPS) is 11.5. The molecule has 0 aliphatic carbocycles. The average Bonchev–Trinajstić information content (AvgIpc) is 2.24. The number of amides is 1. The van der Waals surface area contributed by atoms with Crippen LogP contribution in [0, 0.1) is 0 Å². The van der Waals surface area contributed by atoms with E-state index in [0.717, 1.165) is 4.31 Å². The summed E-state index contributed by atoms with van der Waals surface area (Å²) in [6.45, 7) is -0.661. The Morgan fingerprint density at radius 1 is 1.41 bits per heavy atom. The molecule has 0 radical (unpaired) electrons. The molecule has 1 amide bonds. The Morgan fingerprint density at radius 2 is 2.00 bits per heavy atom. The predicted molar refractivity (Wildman–Crippen MR) is 56.5 cm³/mol. The van der Waals surface area contributed by atoms with E-state index in [-0.39, 0.29) is 13.0 Å². The summed E-state index contributed by atoms with van der Waals surface area (Å²) in [7, 11) is -1.48. The van der Waals surface area contributed by atoms with Crippen molar-refractivity contribution in [3.63, 3.8) is 0 Å². The first kappa shape index (κ1) is 15.8. The predicted octanol–water partition coefficient (Wildman–Crippen LogP) is -2.27. The standard InChI is InChI=1S/C7H15N3O6S/c1-10(4-3-7(12)15-2)17(13,14)9-16-5-6(8)11/h9H,3-5H2,1-2H3,(H2,8,11). The van der Waals surface area contributed by atoms with Crippen molar-refractivity contribution in [2.45, 2.75) is 6.42 Å². The molecule has 0 fully saturated rings. The maximum Gasteiger partial charge on any atom is 0.306 e. The molecule has 0 spiro atoms. The number of rotatable bonds is 8. The molecule has 0 heterocycles. The van der Waals surface area contributed by atoms with Gasteiger partial charge in [0, 0.05) is 13.6 Å². The van der Waals surface area contributed by atoms with E-state index in [9.17, 15) is 18.0 Å². The Labute approximate surface area is 99.0 Å². The monoisotopic (exact) mass is 269 g/mol. The first-order valence-corrected chi connectivity index (χ1v) is 5.93. The van der Waals surface area contributed by atoms with Crippen LogP contribution in [0.1, 0.15) is 6.42 Å². The fraction of sp³-hybridized carbons (Fsp3) is 0.714. The number of methoxy groups -OCH3 is 1. The molecular formula is C7H15N3O6S. The molecule has 0 rings (SSSR count). The number of carbonyl (C=O) groups is 2. The van der Waals surface area contributed by atoms with Gasteiger partial charge in [0.05, 0.1) is 13.5 Å². The molecule has 9 nitrogen and oxygen atoms in total. The lowest BCUT2D eigenvalue weighted by molar-refractivity contribution is -0.140. The van der Waals surface area contributed by atoms with E-state index in [2.05, 4.69) is 9.57 Å². The van der Waals surface area contributed by atoms with Crippen molar-refractivity contribution in [3.05, 3.63) is 0 Å². The molecule has 0 saturated heterocycles. The van der Waals surface area contributed by atoms with Crippen molar-refractivity contribution < 1.29 is 27.6 Å². The van der Waals surface area contributed by atoms with Gasteiger partial charge < -0.3 is 10.5 Å². The first-order valence-electron chi connectivity index (χ1n) is 4.49. The summed E-state index contributed by atoms with van der Waals surface area (Å²) in [5.74, 6) is -1.35. The van der Waals surface area contributed by atoms with Crippen LogP contribution < -0.4 is 10.6 Å². The van der Waals surface area contributed by atoms with E-state index in [1.807, 2.05) is 0 Å². The molecule has 0 unspecified atom stereocenters. The maximum atomic E-state index is 11.4. The summed E-state index contributed by atoms with van der Waals surface area (Å²) in [6, 6.07) is 0. The number of nitrogens with one attached hydrogen (secondary N) is 1. The van der Waals surface area contributed by atoms with Gasteiger partial charge in [0.25, 0.3) is 0 Å². The number of ether oxygens (including phenoxy) is 1. The van der Waals surface area contributed by atoms with Crippen LogP contribution in [0.25, 0.3) is 0 Å². The van der Waals surface area contributed by atoms with Crippen molar-refractivity contribution in [3.8, 4) is 0 Å². The summed E-state index contributed by atoms with van der Waals surface area (Å²) in [4.78, 5) is 27.1. The minimum atomic E-state index is -3.91. The zero-order valence-electron chi connectivity index (χ0n) is 9.50. The SMILES string of the molecule is COC(=O)CCN(C)S(=O)(=O)NOCC(N)=O. The molecule has 0 atom stereocenters. The van der Waals surface area contributed by atoms with Crippen LogP contribution in [0.5, 0.6) is 0 Å². The van der Waals surface area contributed by atoms with Gasteiger partial charge >= 0.3 is 16.2 Å². The highest BCUT2D eigenvalue weighted by molar-refractivity contribution is 7.86. The van der Waals surface area contributed by atoms with Crippen molar-refractivity contribution in [2.75, 3.05) is 27.3 Å². The highest BCUT2D eigenvalue weighted by Gasteiger charge is 2.18. The fourth-order valence-corrected chi connectivity index (χ4v) is 1.38. The van der Waals surface area contributed by atoms with Crippen molar-refractivity contribution in [1.29, 1.82) is 0 Å². The van der Waals surface area contributed by atoms with Gasteiger partial charge in [0.15, 0.2) is 0 Å². The van der Waals surface area contributed by atoms with Gasteiger partial charge in [0.1, 0.15) is 6.61 Å². The van der Waals surface area contributed by atoms with Crippen molar-refractivity contribution in [1.82, 2.24) is 9.19 Å². The zero-order valence-corrected chi connectivity index (χ0v) is 10.3. The summed E-state index contributed by atoms with van der Waals surface area (Å²) in [5, 5.41) is 0. The topological polar surface area (TPSA) is 128 Å². The largest absolute Gasteiger partial charge is 0.469 e.